The largest absolute Gasteiger partial charge is 0.383 e. The fourth-order valence-electron chi connectivity index (χ4n) is 2.88. The molecule has 122 valence electrons. The Hall–Kier alpha value is -1.62. The van der Waals surface area contributed by atoms with E-state index in [0.29, 0.717) is 25.4 Å². The summed E-state index contributed by atoms with van der Waals surface area (Å²) < 4.78 is 0. The zero-order valence-electron chi connectivity index (χ0n) is 13.8. The topological polar surface area (TPSA) is 56.7 Å². The van der Waals surface area contributed by atoms with Gasteiger partial charge >= 0.3 is 0 Å². The Bertz CT molecular complexity index is 504. The summed E-state index contributed by atoms with van der Waals surface area (Å²) in [6.07, 6.45) is 2.41. The first-order valence-corrected chi connectivity index (χ1v) is 8.12. The summed E-state index contributed by atoms with van der Waals surface area (Å²) in [5.74, 6) is 0.198. The van der Waals surface area contributed by atoms with Gasteiger partial charge in [0.2, 0.25) is 0 Å². The minimum atomic E-state index is -0.866. The molecule has 1 aromatic rings. The first kappa shape index (κ1) is 16.7. The van der Waals surface area contributed by atoms with Crippen molar-refractivity contribution in [1.82, 2.24) is 9.88 Å². The van der Waals surface area contributed by atoms with Crippen LogP contribution >= 0.6 is 0 Å². The van der Waals surface area contributed by atoms with Gasteiger partial charge in [0, 0.05) is 43.8 Å². The Morgan fingerprint density at radius 3 is 2.77 bits per heavy atom. The maximum atomic E-state index is 12.3. The molecule has 1 unspecified atom stereocenters. The number of nitrogens with zero attached hydrogens (tertiary/aromatic N) is 3. The lowest BCUT2D eigenvalue weighted by Crippen LogP contribution is -2.41. The Labute approximate surface area is 132 Å². The molecule has 1 atom stereocenters. The minimum absolute atomic E-state index is 0.124. The van der Waals surface area contributed by atoms with Gasteiger partial charge in [-0.25, -0.2) is 0 Å². The van der Waals surface area contributed by atoms with Gasteiger partial charge in [0.15, 0.2) is 0 Å². The molecule has 0 aromatic carbocycles. The molecule has 0 bridgehead atoms. The van der Waals surface area contributed by atoms with E-state index >= 15 is 0 Å². The first-order valence-electron chi connectivity index (χ1n) is 8.12. The minimum Gasteiger partial charge on any atom is -0.383 e. The highest BCUT2D eigenvalue weighted by Crippen LogP contribution is 2.17. The highest BCUT2D eigenvalue weighted by molar-refractivity contribution is 5.80. The summed E-state index contributed by atoms with van der Waals surface area (Å²) in [4.78, 5) is 20.7. The van der Waals surface area contributed by atoms with Crippen LogP contribution in [0.4, 0.5) is 5.69 Å². The average molecular weight is 305 g/mol. The van der Waals surface area contributed by atoms with Gasteiger partial charge in [-0.2, -0.15) is 0 Å². The molecule has 22 heavy (non-hydrogen) atoms. The molecule has 0 aliphatic carbocycles. The molecule has 1 N–H and O–H groups in total. The Morgan fingerprint density at radius 1 is 1.32 bits per heavy atom. The predicted octanol–water partition coefficient (Wildman–Crippen LogP) is 1.84. The molecule has 1 aliphatic heterocycles. The normalized spacial score (nSPS) is 17.5. The number of amides is 1. The van der Waals surface area contributed by atoms with Gasteiger partial charge in [-0.3, -0.25) is 9.78 Å². The van der Waals surface area contributed by atoms with Gasteiger partial charge in [-0.15, -0.1) is 0 Å². The second kappa shape index (κ2) is 7.58. The zero-order valence-corrected chi connectivity index (χ0v) is 13.8. The van der Waals surface area contributed by atoms with Crippen LogP contribution in [0.5, 0.6) is 0 Å². The molecule has 1 amide bonds. The van der Waals surface area contributed by atoms with E-state index < -0.39 is 6.10 Å². The summed E-state index contributed by atoms with van der Waals surface area (Å²) in [6, 6.07) is 4.09. The molecule has 5 nitrogen and oxygen atoms in total. The lowest BCUT2D eigenvalue weighted by atomic mass is 10.1. The lowest BCUT2D eigenvalue weighted by molar-refractivity contribution is -0.140. The van der Waals surface area contributed by atoms with Crippen LogP contribution in [-0.2, 0) is 4.79 Å². The molecule has 2 rings (SSSR count). The van der Waals surface area contributed by atoms with E-state index in [1.165, 1.54) is 0 Å². The summed E-state index contributed by atoms with van der Waals surface area (Å²) in [6.45, 7) is 9.12. The number of carbonyl (C=O) groups excluding carboxylic acids is 1. The van der Waals surface area contributed by atoms with Crippen molar-refractivity contribution in [2.24, 2.45) is 5.92 Å². The second-order valence-electron chi connectivity index (χ2n) is 6.47. The standard InChI is InChI=1S/C17H27N3O2/c1-13(2)11-16(21)17(22)20-8-4-7-19(9-10-20)15-5-6-18-14(3)12-15/h5-6,12-13,16,21H,4,7-11H2,1-3H3. The van der Waals surface area contributed by atoms with Gasteiger partial charge in [0.05, 0.1) is 0 Å². The van der Waals surface area contributed by atoms with Gasteiger partial charge in [0.1, 0.15) is 6.10 Å². The monoisotopic (exact) mass is 305 g/mol. The zero-order chi connectivity index (χ0) is 16.1. The maximum Gasteiger partial charge on any atom is 0.251 e. The van der Waals surface area contributed by atoms with Crippen LogP contribution < -0.4 is 4.90 Å². The summed E-state index contributed by atoms with van der Waals surface area (Å²) in [5, 5.41) is 10.0. The molecule has 1 fully saturated rings. The molecule has 5 heteroatoms. The van der Waals surface area contributed by atoms with Crippen LogP contribution in [0.1, 0.15) is 32.4 Å². The smallest absolute Gasteiger partial charge is 0.251 e. The van der Waals surface area contributed by atoms with Gasteiger partial charge < -0.3 is 14.9 Å². The van der Waals surface area contributed by atoms with Crippen molar-refractivity contribution in [3.63, 3.8) is 0 Å². The van der Waals surface area contributed by atoms with Crippen LogP contribution in [0, 0.1) is 12.8 Å². The van der Waals surface area contributed by atoms with Crippen LogP contribution in [0.2, 0.25) is 0 Å². The molecule has 0 spiro atoms. The van der Waals surface area contributed by atoms with E-state index in [1.54, 1.807) is 4.90 Å². The molecule has 1 saturated heterocycles. The van der Waals surface area contributed by atoms with E-state index in [4.69, 9.17) is 0 Å². The highest BCUT2D eigenvalue weighted by Gasteiger charge is 2.25. The summed E-state index contributed by atoms with van der Waals surface area (Å²) in [5.41, 5.74) is 2.16. The molecule has 0 radical (unpaired) electrons. The number of hydrogen-bond donors (Lipinski definition) is 1. The number of aromatic nitrogens is 1. The fourth-order valence-corrected chi connectivity index (χ4v) is 2.88. The number of pyridine rings is 1. The number of anilines is 1. The molecular formula is C17H27N3O2. The quantitative estimate of drug-likeness (QED) is 0.922. The van der Waals surface area contributed by atoms with E-state index in [0.717, 1.165) is 30.9 Å². The van der Waals surface area contributed by atoms with E-state index in [9.17, 15) is 9.90 Å². The van der Waals surface area contributed by atoms with E-state index in [-0.39, 0.29) is 5.91 Å². The predicted molar refractivity (Wildman–Crippen MR) is 87.8 cm³/mol. The Kier molecular flexibility index (Phi) is 5.77. The number of aryl methyl sites for hydroxylation is 1. The van der Waals surface area contributed by atoms with Gasteiger partial charge in [-0.05, 0) is 37.8 Å². The summed E-state index contributed by atoms with van der Waals surface area (Å²) in [7, 11) is 0. The molecule has 2 heterocycles. The van der Waals surface area contributed by atoms with Crippen molar-refractivity contribution in [3.8, 4) is 0 Å². The van der Waals surface area contributed by atoms with Crippen LogP contribution in [0.3, 0.4) is 0 Å². The van der Waals surface area contributed by atoms with Gasteiger partial charge in [-0.1, -0.05) is 13.8 Å². The van der Waals surface area contributed by atoms with Crippen molar-refractivity contribution in [2.45, 2.75) is 39.7 Å². The number of carbonyl (C=O) groups is 1. The Balaban J connectivity index is 1.96. The fraction of sp³-hybridized carbons (Fsp3) is 0.647. The Morgan fingerprint density at radius 2 is 2.09 bits per heavy atom. The number of hydrogen-bond acceptors (Lipinski definition) is 4. The third-order valence-electron chi connectivity index (χ3n) is 4.03. The molecule has 1 aliphatic rings. The number of rotatable bonds is 4. The van der Waals surface area contributed by atoms with Crippen LogP contribution in [0.15, 0.2) is 18.3 Å². The number of aliphatic hydroxyl groups excluding tert-OH is 1. The van der Waals surface area contributed by atoms with Crippen molar-refractivity contribution >= 4 is 11.6 Å². The summed E-state index contributed by atoms with van der Waals surface area (Å²) >= 11 is 0. The molecule has 0 saturated carbocycles. The van der Waals surface area contributed by atoms with Crippen LogP contribution in [-0.4, -0.2) is 53.2 Å². The molecule has 1 aromatic heterocycles. The van der Waals surface area contributed by atoms with Crippen LogP contribution in [0.25, 0.3) is 0 Å². The SMILES string of the molecule is Cc1cc(N2CCCN(C(=O)C(O)CC(C)C)CC2)ccn1. The van der Waals surface area contributed by atoms with E-state index in [2.05, 4.69) is 16.0 Å². The van der Waals surface area contributed by atoms with Crippen molar-refractivity contribution in [2.75, 3.05) is 31.1 Å². The number of aliphatic hydroxyl groups is 1. The first-order chi connectivity index (χ1) is 10.5. The van der Waals surface area contributed by atoms with Gasteiger partial charge in [0.25, 0.3) is 5.91 Å². The van der Waals surface area contributed by atoms with Crippen molar-refractivity contribution in [1.29, 1.82) is 0 Å². The highest BCUT2D eigenvalue weighted by atomic mass is 16.3. The third kappa shape index (κ3) is 4.44. The second-order valence-corrected chi connectivity index (χ2v) is 6.47. The average Bonchev–Trinajstić information content (AvgIpc) is 2.71. The maximum absolute atomic E-state index is 12.3. The third-order valence-corrected chi connectivity index (χ3v) is 4.03. The lowest BCUT2D eigenvalue weighted by Gasteiger charge is -2.25. The van der Waals surface area contributed by atoms with Crippen molar-refractivity contribution in [3.05, 3.63) is 24.0 Å². The van der Waals surface area contributed by atoms with Crippen molar-refractivity contribution < 1.29 is 9.90 Å². The molecular weight excluding hydrogens is 278 g/mol. The van der Waals surface area contributed by atoms with E-state index in [1.807, 2.05) is 33.0 Å².